The highest BCUT2D eigenvalue weighted by molar-refractivity contribution is 5.37. The summed E-state index contributed by atoms with van der Waals surface area (Å²) in [5.74, 6) is 1.91. The van der Waals surface area contributed by atoms with Gasteiger partial charge in [0.1, 0.15) is 0 Å². The van der Waals surface area contributed by atoms with Gasteiger partial charge in [-0.3, -0.25) is 0 Å². The molecule has 0 aromatic heterocycles. The average Bonchev–Trinajstić information content (AvgIpc) is 2.99. The molecule has 1 heteroatoms. The van der Waals surface area contributed by atoms with E-state index in [1.165, 1.54) is 24.8 Å². The monoisotopic (exact) mass is 399 g/mol. The largest absolute Gasteiger partial charge is 0.393 e. The summed E-state index contributed by atoms with van der Waals surface area (Å²) in [6.07, 6.45) is 14.9. The lowest BCUT2D eigenvalue weighted by Gasteiger charge is -2.51. The normalized spacial score (nSPS) is 41.3. The van der Waals surface area contributed by atoms with Crippen molar-refractivity contribution in [2.45, 2.75) is 98.5 Å². The summed E-state index contributed by atoms with van der Waals surface area (Å²) in [6.45, 7) is 11.6. The molecule has 0 spiro atoms. The molecule has 162 valence electrons. The maximum Gasteiger partial charge on any atom is 0.0626 e. The van der Waals surface area contributed by atoms with E-state index in [-0.39, 0.29) is 17.4 Å². The number of hydrogen-bond donors (Lipinski definition) is 1. The second-order valence-electron chi connectivity index (χ2n) is 10.8. The fraction of sp³-hybridized carbons (Fsp3) is 0.714. The van der Waals surface area contributed by atoms with Crippen LogP contribution in [0.2, 0.25) is 0 Å². The number of aliphatic hydroxyl groups excluding tert-OH is 1. The molecule has 3 rings (SSSR count). The van der Waals surface area contributed by atoms with E-state index in [1.807, 2.05) is 0 Å². The maximum absolute atomic E-state index is 10.2. The van der Waals surface area contributed by atoms with Gasteiger partial charge in [0.2, 0.25) is 0 Å². The first-order chi connectivity index (χ1) is 15.0. The van der Waals surface area contributed by atoms with Crippen LogP contribution in [0.5, 0.6) is 0 Å². The van der Waals surface area contributed by atoms with Gasteiger partial charge in [0.25, 0.3) is 0 Å². The van der Waals surface area contributed by atoms with Crippen LogP contribution in [0, 0.1) is 28.6 Å². The Morgan fingerprint density at radius 3 is 2.76 bits per heavy atom. The number of aliphatic hydroxyl groups is 1. The maximum atomic E-state index is 10.2. The van der Waals surface area contributed by atoms with Gasteiger partial charge in [-0.15, -0.1) is 0 Å². The SMILES string of the molecule is [2H]C([2H])=C1CCC(O)CC1=C([2H])C=C1CCC[C@]2(C)C(C(C)C=CCC(C)C)CC[C@@]12C. The Morgan fingerprint density at radius 1 is 1.24 bits per heavy atom. The van der Waals surface area contributed by atoms with E-state index in [1.54, 1.807) is 0 Å². The van der Waals surface area contributed by atoms with Gasteiger partial charge in [-0.25, -0.2) is 0 Å². The highest BCUT2D eigenvalue weighted by Crippen LogP contribution is 2.66. The van der Waals surface area contributed by atoms with E-state index in [2.05, 4.69) is 52.8 Å². The first-order valence-corrected chi connectivity index (χ1v) is 11.9. The first-order valence-electron chi connectivity index (χ1n) is 13.4. The predicted molar refractivity (Wildman–Crippen MR) is 126 cm³/mol. The minimum Gasteiger partial charge on any atom is -0.393 e. The molecular formula is C28H44O. The van der Waals surface area contributed by atoms with E-state index < -0.39 is 6.10 Å². The molecule has 0 amide bonds. The van der Waals surface area contributed by atoms with Crippen molar-refractivity contribution in [1.82, 2.24) is 0 Å². The zero-order valence-corrected chi connectivity index (χ0v) is 19.4. The third-order valence-corrected chi connectivity index (χ3v) is 8.52. The van der Waals surface area contributed by atoms with Crippen LogP contribution in [0.4, 0.5) is 0 Å². The van der Waals surface area contributed by atoms with Gasteiger partial charge < -0.3 is 5.11 Å². The molecule has 5 atom stereocenters. The van der Waals surface area contributed by atoms with Crippen LogP contribution in [-0.4, -0.2) is 11.2 Å². The minimum absolute atomic E-state index is 0.0881. The standard InChI is InChI=1S/C28H44O/c1-20(2)9-7-10-22(4)26-16-18-27(5)24(11-8-17-28(26,27)6)14-13-23-19-25(29)15-12-21(23)3/h7,10,13-14,20,22,25-26,29H,3,8-9,11-12,15-19H2,1-2,4-6H3/t22?,25?,26?,27-,28+/m0/s1/i3D2,13D. The second-order valence-corrected chi connectivity index (χ2v) is 10.8. The van der Waals surface area contributed by atoms with Crippen molar-refractivity contribution < 1.29 is 9.22 Å². The molecule has 1 N–H and O–H groups in total. The van der Waals surface area contributed by atoms with Crippen LogP contribution in [0.1, 0.15) is 96.5 Å². The Balaban J connectivity index is 1.92. The van der Waals surface area contributed by atoms with Crippen molar-refractivity contribution >= 4 is 0 Å². The van der Waals surface area contributed by atoms with Crippen LogP contribution in [0.3, 0.4) is 0 Å². The van der Waals surface area contributed by atoms with Crippen molar-refractivity contribution in [3.05, 3.63) is 47.5 Å². The third kappa shape index (κ3) is 4.50. The molecule has 3 aliphatic carbocycles. The lowest BCUT2D eigenvalue weighted by atomic mass is 9.53. The van der Waals surface area contributed by atoms with Gasteiger partial charge in [-0.2, -0.15) is 0 Å². The van der Waals surface area contributed by atoms with Crippen molar-refractivity contribution in [3.63, 3.8) is 0 Å². The summed E-state index contributed by atoms with van der Waals surface area (Å²) >= 11 is 0. The second kappa shape index (κ2) is 8.96. The van der Waals surface area contributed by atoms with Crippen LogP contribution >= 0.6 is 0 Å². The van der Waals surface area contributed by atoms with Gasteiger partial charge in [0.05, 0.1) is 10.2 Å². The van der Waals surface area contributed by atoms with E-state index in [9.17, 15) is 5.11 Å². The minimum atomic E-state index is -0.464. The molecular weight excluding hydrogens is 352 g/mol. The van der Waals surface area contributed by atoms with Crippen LogP contribution in [0.25, 0.3) is 0 Å². The predicted octanol–water partition coefficient (Wildman–Crippen LogP) is 7.79. The average molecular weight is 400 g/mol. The molecule has 0 aromatic carbocycles. The molecule has 3 saturated carbocycles. The Labute approximate surface area is 184 Å². The van der Waals surface area contributed by atoms with Gasteiger partial charge >= 0.3 is 0 Å². The molecule has 3 unspecified atom stereocenters. The van der Waals surface area contributed by atoms with Gasteiger partial charge in [0, 0.05) is 0 Å². The summed E-state index contributed by atoms with van der Waals surface area (Å²) in [7, 11) is 0. The lowest BCUT2D eigenvalue weighted by Crippen LogP contribution is -2.42. The highest BCUT2D eigenvalue weighted by atomic mass is 16.3. The summed E-state index contributed by atoms with van der Waals surface area (Å²) < 4.78 is 24.6. The summed E-state index contributed by atoms with van der Waals surface area (Å²) in [5.41, 5.74) is 3.05. The van der Waals surface area contributed by atoms with E-state index in [0.717, 1.165) is 19.3 Å². The van der Waals surface area contributed by atoms with Crippen LogP contribution in [-0.2, 0) is 0 Å². The summed E-state index contributed by atoms with van der Waals surface area (Å²) in [4.78, 5) is 0. The topological polar surface area (TPSA) is 20.2 Å². The number of hydrogen-bond acceptors (Lipinski definition) is 1. The summed E-state index contributed by atoms with van der Waals surface area (Å²) in [6, 6.07) is 0.421. The zero-order valence-electron chi connectivity index (χ0n) is 22.4. The van der Waals surface area contributed by atoms with Crippen molar-refractivity contribution in [3.8, 4) is 0 Å². The Kier molecular flexibility index (Phi) is 5.77. The molecule has 0 radical (unpaired) electrons. The van der Waals surface area contributed by atoms with Gasteiger partial charge in [0.15, 0.2) is 0 Å². The molecule has 0 heterocycles. The molecule has 29 heavy (non-hydrogen) atoms. The van der Waals surface area contributed by atoms with Gasteiger partial charge in [-0.05, 0) is 91.9 Å². The van der Waals surface area contributed by atoms with E-state index in [4.69, 9.17) is 4.11 Å². The van der Waals surface area contributed by atoms with E-state index >= 15 is 0 Å². The highest BCUT2D eigenvalue weighted by Gasteiger charge is 2.57. The first kappa shape index (κ1) is 18.7. The quantitative estimate of drug-likeness (QED) is 0.468. The van der Waals surface area contributed by atoms with Crippen LogP contribution in [0.15, 0.2) is 47.5 Å². The Morgan fingerprint density at radius 2 is 2.03 bits per heavy atom. The smallest absolute Gasteiger partial charge is 0.0626 e. The van der Waals surface area contributed by atoms with E-state index in [0.29, 0.717) is 54.2 Å². The Hall–Kier alpha value is -1.08. The number of rotatable bonds is 5. The van der Waals surface area contributed by atoms with Crippen molar-refractivity contribution in [2.24, 2.45) is 28.6 Å². The molecule has 3 aliphatic rings. The molecule has 0 saturated heterocycles. The third-order valence-electron chi connectivity index (χ3n) is 8.52. The summed E-state index contributed by atoms with van der Waals surface area (Å²) in [5, 5.41) is 10.2. The van der Waals surface area contributed by atoms with Gasteiger partial charge in [-0.1, -0.05) is 76.6 Å². The molecule has 1 nitrogen and oxygen atoms in total. The fourth-order valence-electron chi connectivity index (χ4n) is 6.39. The molecule has 3 fully saturated rings. The Bertz CT molecular complexity index is 817. The fourth-order valence-corrected chi connectivity index (χ4v) is 6.39. The number of allylic oxidation sites excluding steroid dienone is 6. The lowest BCUT2D eigenvalue weighted by molar-refractivity contribution is 0.0457. The zero-order chi connectivity index (χ0) is 23.7. The molecule has 0 aliphatic heterocycles. The molecule has 0 bridgehead atoms. The van der Waals surface area contributed by atoms with Crippen molar-refractivity contribution in [1.29, 1.82) is 0 Å². The van der Waals surface area contributed by atoms with Crippen molar-refractivity contribution in [2.75, 3.05) is 0 Å². The van der Waals surface area contributed by atoms with Crippen LogP contribution < -0.4 is 0 Å². The number of fused-ring (bicyclic) bond motifs is 1. The molecule has 0 aromatic rings.